The van der Waals surface area contributed by atoms with E-state index in [0.717, 1.165) is 5.56 Å². The third-order valence-corrected chi connectivity index (χ3v) is 3.23. The summed E-state index contributed by atoms with van der Waals surface area (Å²) in [5.74, 6) is 0.0524. The molecule has 0 heterocycles. The summed E-state index contributed by atoms with van der Waals surface area (Å²) in [6, 6.07) is 7.10. The van der Waals surface area contributed by atoms with Crippen LogP contribution in [0, 0.1) is 5.92 Å². The van der Waals surface area contributed by atoms with Crippen LogP contribution < -0.4 is 10.2 Å². The van der Waals surface area contributed by atoms with Gasteiger partial charge in [-0.1, -0.05) is 37.3 Å². The zero-order valence-electron chi connectivity index (χ0n) is 13.1. The number of aliphatic hydroxyl groups excluding tert-OH is 2. The SMILES string of the molecule is C[C@H](C/C=C/C=C/C(=O)NO)[C@@H](O)c1ccc(OCCO)cc1. The molecule has 0 aliphatic heterocycles. The second-order valence-electron chi connectivity index (χ2n) is 5.06. The Morgan fingerprint density at radius 3 is 2.61 bits per heavy atom. The van der Waals surface area contributed by atoms with E-state index in [-0.39, 0.29) is 19.1 Å². The fourth-order valence-electron chi connectivity index (χ4n) is 1.93. The number of carbonyl (C=O) groups excluding carboxylic acids is 1. The minimum Gasteiger partial charge on any atom is -0.491 e. The van der Waals surface area contributed by atoms with E-state index in [1.54, 1.807) is 30.3 Å². The van der Waals surface area contributed by atoms with Crippen molar-refractivity contribution in [2.24, 2.45) is 5.92 Å². The van der Waals surface area contributed by atoms with E-state index in [9.17, 15) is 9.90 Å². The van der Waals surface area contributed by atoms with E-state index < -0.39 is 12.0 Å². The number of nitrogens with one attached hydrogen (secondary N) is 1. The molecule has 0 aromatic heterocycles. The third-order valence-electron chi connectivity index (χ3n) is 3.23. The van der Waals surface area contributed by atoms with Crippen molar-refractivity contribution in [2.75, 3.05) is 13.2 Å². The van der Waals surface area contributed by atoms with Crippen molar-refractivity contribution in [3.63, 3.8) is 0 Å². The fraction of sp³-hybridized carbons (Fsp3) is 0.353. The Kier molecular flexibility index (Phi) is 8.67. The number of hydroxylamine groups is 1. The predicted molar refractivity (Wildman–Crippen MR) is 86.0 cm³/mol. The van der Waals surface area contributed by atoms with Gasteiger partial charge in [0.15, 0.2) is 0 Å². The molecular formula is C17H23NO5. The Bertz CT molecular complexity index is 524. The van der Waals surface area contributed by atoms with Crippen molar-refractivity contribution in [1.82, 2.24) is 5.48 Å². The quantitative estimate of drug-likeness (QED) is 0.240. The first-order valence-corrected chi connectivity index (χ1v) is 7.37. The van der Waals surface area contributed by atoms with Gasteiger partial charge in [-0.05, 0) is 30.0 Å². The van der Waals surface area contributed by atoms with Crippen LogP contribution in [0.25, 0.3) is 0 Å². The summed E-state index contributed by atoms with van der Waals surface area (Å²) in [5.41, 5.74) is 2.29. The number of allylic oxidation sites excluding steroid dienone is 3. The lowest BCUT2D eigenvalue weighted by Gasteiger charge is -2.18. The van der Waals surface area contributed by atoms with Crippen LogP contribution in [-0.4, -0.2) is 34.5 Å². The fourth-order valence-corrected chi connectivity index (χ4v) is 1.93. The van der Waals surface area contributed by atoms with Gasteiger partial charge in [0.05, 0.1) is 12.7 Å². The Labute approximate surface area is 135 Å². The molecule has 0 saturated heterocycles. The maximum Gasteiger partial charge on any atom is 0.267 e. The van der Waals surface area contributed by atoms with Gasteiger partial charge in [0.2, 0.25) is 0 Å². The van der Waals surface area contributed by atoms with Crippen molar-refractivity contribution < 1.29 is 25.0 Å². The number of ether oxygens (including phenoxy) is 1. The molecule has 1 rings (SSSR count). The standard InChI is InChI=1S/C17H23NO5/c1-13(5-3-2-4-6-16(20)18-22)17(21)14-7-9-15(10-8-14)23-12-11-19/h2-4,6-10,13,17,19,21-22H,5,11-12H2,1H3,(H,18,20)/b3-2+,6-4+/t13-,17-/m1/s1. The lowest BCUT2D eigenvalue weighted by Crippen LogP contribution is -2.14. The van der Waals surface area contributed by atoms with Crippen molar-refractivity contribution >= 4 is 5.91 Å². The van der Waals surface area contributed by atoms with E-state index in [1.165, 1.54) is 17.6 Å². The number of amides is 1. The monoisotopic (exact) mass is 321 g/mol. The lowest BCUT2D eigenvalue weighted by molar-refractivity contribution is -0.124. The maximum atomic E-state index is 10.7. The molecule has 0 aliphatic rings. The van der Waals surface area contributed by atoms with Gasteiger partial charge in [-0.2, -0.15) is 0 Å². The van der Waals surface area contributed by atoms with Crippen LogP contribution in [0.3, 0.4) is 0 Å². The second kappa shape index (κ2) is 10.6. The first-order chi connectivity index (χ1) is 11.1. The van der Waals surface area contributed by atoms with Crippen LogP contribution in [0.1, 0.15) is 25.0 Å². The molecule has 0 radical (unpaired) electrons. The topological polar surface area (TPSA) is 99.0 Å². The van der Waals surface area contributed by atoms with Gasteiger partial charge in [-0.3, -0.25) is 10.0 Å². The van der Waals surface area contributed by atoms with Gasteiger partial charge in [0.25, 0.3) is 5.91 Å². The normalized spacial score (nSPS) is 14.1. The van der Waals surface area contributed by atoms with Crippen LogP contribution in [0.15, 0.2) is 48.6 Å². The van der Waals surface area contributed by atoms with Crippen molar-refractivity contribution in [2.45, 2.75) is 19.4 Å². The van der Waals surface area contributed by atoms with Crippen LogP contribution in [0.4, 0.5) is 0 Å². The summed E-state index contributed by atoms with van der Waals surface area (Å²) >= 11 is 0. The Morgan fingerprint density at radius 2 is 2.00 bits per heavy atom. The van der Waals surface area contributed by atoms with Gasteiger partial charge in [-0.25, -0.2) is 5.48 Å². The Balaban J connectivity index is 2.49. The zero-order chi connectivity index (χ0) is 17.1. The first kappa shape index (κ1) is 18.9. The highest BCUT2D eigenvalue weighted by molar-refractivity contribution is 5.86. The minimum absolute atomic E-state index is 0.00414. The predicted octanol–water partition coefficient (Wildman–Crippen LogP) is 1.74. The van der Waals surface area contributed by atoms with E-state index >= 15 is 0 Å². The molecule has 4 N–H and O–H groups in total. The number of rotatable bonds is 9. The van der Waals surface area contributed by atoms with Crippen molar-refractivity contribution in [3.8, 4) is 5.75 Å². The van der Waals surface area contributed by atoms with Gasteiger partial charge >= 0.3 is 0 Å². The second-order valence-corrected chi connectivity index (χ2v) is 5.06. The maximum absolute atomic E-state index is 10.7. The van der Waals surface area contributed by atoms with Crippen molar-refractivity contribution in [1.29, 1.82) is 0 Å². The molecule has 0 saturated carbocycles. The molecule has 23 heavy (non-hydrogen) atoms. The molecule has 6 heteroatoms. The van der Waals surface area contributed by atoms with E-state index in [0.29, 0.717) is 12.2 Å². The summed E-state index contributed by atoms with van der Waals surface area (Å²) in [6.07, 6.45) is 6.25. The average Bonchev–Trinajstić information content (AvgIpc) is 2.58. The van der Waals surface area contributed by atoms with Gasteiger partial charge in [0, 0.05) is 6.08 Å². The average molecular weight is 321 g/mol. The molecule has 0 fully saturated rings. The first-order valence-electron chi connectivity index (χ1n) is 7.37. The summed E-state index contributed by atoms with van der Waals surface area (Å²) < 4.78 is 5.27. The number of hydrogen-bond acceptors (Lipinski definition) is 5. The number of carbonyl (C=O) groups is 1. The zero-order valence-corrected chi connectivity index (χ0v) is 13.1. The largest absolute Gasteiger partial charge is 0.491 e. The van der Waals surface area contributed by atoms with Crippen LogP contribution >= 0.6 is 0 Å². The molecule has 0 spiro atoms. The lowest BCUT2D eigenvalue weighted by atomic mass is 9.94. The molecule has 0 aliphatic carbocycles. The summed E-state index contributed by atoms with van der Waals surface area (Å²) in [7, 11) is 0. The molecule has 1 aromatic rings. The Morgan fingerprint density at radius 1 is 1.30 bits per heavy atom. The number of hydrogen-bond donors (Lipinski definition) is 4. The van der Waals surface area contributed by atoms with E-state index in [1.807, 2.05) is 13.0 Å². The summed E-state index contributed by atoms with van der Waals surface area (Å²) in [4.78, 5) is 10.7. The van der Waals surface area contributed by atoms with E-state index in [4.69, 9.17) is 15.1 Å². The van der Waals surface area contributed by atoms with Crippen LogP contribution in [-0.2, 0) is 4.79 Å². The molecule has 2 atom stereocenters. The molecule has 0 bridgehead atoms. The molecule has 1 amide bonds. The Hall–Kier alpha value is -2.15. The highest BCUT2D eigenvalue weighted by atomic mass is 16.5. The third kappa shape index (κ3) is 7.10. The summed E-state index contributed by atoms with van der Waals surface area (Å²) in [6.45, 7) is 2.13. The smallest absolute Gasteiger partial charge is 0.267 e. The van der Waals surface area contributed by atoms with Crippen molar-refractivity contribution in [3.05, 3.63) is 54.1 Å². The minimum atomic E-state index is -0.615. The molecule has 126 valence electrons. The highest BCUT2D eigenvalue weighted by Crippen LogP contribution is 2.26. The van der Waals surface area contributed by atoms with E-state index in [2.05, 4.69) is 0 Å². The molecule has 0 unspecified atom stereocenters. The van der Waals surface area contributed by atoms with Gasteiger partial charge in [-0.15, -0.1) is 0 Å². The molecule has 1 aromatic carbocycles. The number of aliphatic hydroxyl groups is 2. The van der Waals surface area contributed by atoms with Crippen LogP contribution in [0.2, 0.25) is 0 Å². The van der Waals surface area contributed by atoms with Crippen LogP contribution in [0.5, 0.6) is 5.75 Å². The summed E-state index contributed by atoms with van der Waals surface area (Å²) in [5, 5.41) is 27.3. The highest BCUT2D eigenvalue weighted by Gasteiger charge is 2.15. The van der Waals surface area contributed by atoms with Gasteiger partial charge in [0.1, 0.15) is 12.4 Å². The molecular weight excluding hydrogens is 298 g/mol. The number of benzene rings is 1. The van der Waals surface area contributed by atoms with Gasteiger partial charge < -0.3 is 14.9 Å². The molecule has 6 nitrogen and oxygen atoms in total.